The first-order chi connectivity index (χ1) is 19.8. The van der Waals surface area contributed by atoms with E-state index < -0.39 is 42.2 Å². The summed E-state index contributed by atoms with van der Waals surface area (Å²) in [5, 5.41) is 28.4. The largest absolute Gasteiger partial charge is 0.508 e. The lowest BCUT2D eigenvalue weighted by molar-refractivity contribution is -0.130. The number of amides is 3. The highest BCUT2D eigenvalue weighted by Crippen LogP contribution is 2.20. The topological polar surface area (TPSA) is 154 Å². The normalized spacial score (nSPS) is 12.9. The first-order valence-corrected chi connectivity index (χ1v) is 14.3. The van der Waals surface area contributed by atoms with Gasteiger partial charge in [-0.1, -0.05) is 12.1 Å². The van der Waals surface area contributed by atoms with Crippen molar-refractivity contribution in [3.05, 3.63) is 80.7 Å². The monoisotopic (exact) mass is 689 g/mol. The number of phenolic OH excluding ortho intramolecular Hbond substituents is 1. The minimum atomic E-state index is -1.36. The van der Waals surface area contributed by atoms with Crippen molar-refractivity contribution in [2.45, 2.75) is 58.7 Å². The zero-order chi connectivity index (χ0) is 31.0. The van der Waals surface area contributed by atoms with Gasteiger partial charge >= 0.3 is 6.09 Å². The summed E-state index contributed by atoms with van der Waals surface area (Å²) < 4.78 is 8.37. The van der Waals surface area contributed by atoms with Crippen LogP contribution in [0.4, 0.5) is 4.79 Å². The second kappa shape index (κ2) is 14.3. The molecule has 1 heterocycles. The van der Waals surface area contributed by atoms with E-state index in [1.807, 2.05) is 44.2 Å². The number of aromatic nitrogens is 1. The predicted molar refractivity (Wildman–Crippen MR) is 168 cm³/mol. The number of ether oxygens (including phenoxy) is 1. The zero-order valence-electron chi connectivity index (χ0n) is 24.1. The molecule has 3 rings (SSSR count). The Morgan fingerprint density at radius 1 is 1.00 bits per heavy atom. The first-order valence-electron chi connectivity index (χ1n) is 13.2. The van der Waals surface area contributed by atoms with E-state index in [0.717, 1.165) is 26.2 Å². The molecule has 3 amide bonds. The van der Waals surface area contributed by atoms with Gasteiger partial charge in [0.1, 0.15) is 23.4 Å². The summed E-state index contributed by atoms with van der Waals surface area (Å²) in [4.78, 5) is 38.3. The Hall–Kier alpha value is -3.91. The molecule has 2 atom stereocenters. The van der Waals surface area contributed by atoms with Crippen molar-refractivity contribution in [3.8, 4) is 11.4 Å². The zero-order valence-corrected chi connectivity index (χ0v) is 26.3. The van der Waals surface area contributed by atoms with E-state index >= 15 is 0 Å². The van der Waals surface area contributed by atoms with Gasteiger partial charge in [0, 0.05) is 32.6 Å². The quantitative estimate of drug-likeness (QED) is 0.125. The molecule has 2 aromatic carbocycles. The average Bonchev–Trinajstić information content (AvgIpc) is 3.19. The van der Waals surface area contributed by atoms with Gasteiger partial charge in [0.2, 0.25) is 5.91 Å². The molecule has 0 aliphatic carbocycles. The minimum absolute atomic E-state index is 0.0538. The lowest BCUT2D eigenvalue weighted by Crippen LogP contribution is -2.55. The molecule has 3 aromatic rings. The number of aryl methyl sites for hydroxylation is 1. The molecule has 0 spiro atoms. The SMILES string of the molecule is Cc1cc(/C=N\NC(=O)[C@H](Cc2ccc(O)cc2)NC(=O)[C@H](CO)NC(=O)OC(C)(C)C)c(C)n1-c1ccc(I)cc1. The molecule has 0 bridgehead atoms. The second-order valence-electron chi connectivity index (χ2n) is 10.7. The van der Waals surface area contributed by atoms with Crippen LogP contribution in [0.25, 0.3) is 5.69 Å². The fourth-order valence-corrected chi connectivity index (χ4v) is 4.50. The van der Waals surface area contributed by atoms with Crippen LogP contribution in [0, 0.1) is 17.4 Å². The Bertz CT molecular complexity index is 1430. The average molecular weight is 690 g/mol. The number of benzene rings is 2. The molecule has 42 heavy (non-hydrogen) atoms. The number of aromatic hydroxyl groups is 1. The minimum Gasteiger partial charge on any atom is -0.508 e. The van der Waals surface area contributed by atoms with E-state index in [-0.39, 0.29) is 12.2 Å². The van der Waals surface area contributed by atoms with Crippen LogP contribution in [0.5, 0.6) is 5.75 Å². The number of alkyl carbamates (subject to hydrolysis) is 1. The van der Waals surface area contributed by atoms with Gasteiger partial charge in [-0.05, 0) is 105 Å². The lowest BCUT2D eigenvalue weighted by Gasteiger charge is -2.24. The second-order valence-corrected chi connectivity index (χ2v) is 11.9. The number of hydrogen-bond donors (Lipinski definition) is 5. The number of hydrogen-bond acceptors (Lipinski definition) is 7. The van der Waals surface area contributed by atoms with E-state index in [9.17, 15) is 24.6 Å². The Morgan fingerprint density at radius 3 is 2.24 bits per heavy atom. The lowest BCUT2D eigenvalue weighted by atomic mass is 10.0. The van der Waals surface area contributed by atoms with E-state index in [2.05, 4.69) is 48.3 Å². The highest BCUT2D eigenvalue weighted by Gasteiger charge is 2.28. The van der Waals surface area contributed by atoms with Gasteiger partial charge in [-0.25, -0.2) is 10.2 Å². The van der Waals surface area contributed by atoms with Crippen molar-refractivity contribution in [2.24, 2.45) is 5.10 Å². The number of nitrogens with one attached hydrogen (secondary N) is 3. The van der Waals surface area contributed by atoms with Crippen molar-refractivity contribution in [2.75, 3.05) is 6.61 Å². The Labute approximate surface area is 258 Å². The third kappa shape index (κ3) is 9.31. The summed E-state index contributed by atoms with van der Waals surface area (Å²) in [6, 6.07) is 13.7. The third-order valence-corrected chi connectivity index (χ3v) is 6.85. The van der Waals surface area contributed by atoms with E-state index in [0.29, 0.717) is 5.56 Å². The molecule has 0 fully saturated rings. The van der Waals surface area contributed by atoms with Crippen molar-refractivity contribution in [1.29, 1.82) is 0 Å². The van der Waals surface area contributed by atoms with Crippen LogP contribution in [0.3, 0.4) is 0 Å². The van der Waals surface area contributed by atoms with E-state index in [1.54, 1.807) is 32.9 Å². The van der Waals surface area contributed by atoms with Crippen molar-refractivity contribution < 1.29 is 29.3 Å². The first kappa shape index (κ1) is 32.6. The maximum atomic E-state index is 13.2. The standard InChI is InChI=1S/C30H36IN5O6/c1-18-14-21(19(2)36(18)23-10-8-22(31)9-11-23)16-32-35-28(40)25(15-20-6-12-24(38)13-7-20)33-27(39)26(17-37)34-29(41)42-30(3,4)5/h6-14,16,25-26,37-38H,15,17H2,1-5H3,(H,33,39)(H,34,41)(H,35,40)/b32-16-/t25-,26-/m0/s1. The Morgan fingerprint density at radius 2 is 1.64 bits per heavy atom. The van der Waals surface area contributed by atoms with Crippen LogP contribution < -0.4 is 16.1 Å². The van der Waals surface area contributed by atoms with Crippen LogP contribution in [0.15, 0.2) is 59.7 Å². The molecule has 224 valence electrons. The van der Waals surface area contributed by atoms with Gasteiger partial charge in [0.05, 0.1) is 12.8 Å². The highest BCUT2D eigenvalue weighted by atomic mass is 127. The maximum Gasteiger partial charge on any atom is 0.408 e. The van der Waals surface area contributed by atoms with Gasteiger partial charge in [0.15, 0.2) is 0 Å². The van der Waals surface area contributed by atoms with Crippen LogP contribution in [0.1, 0.15) is 43.3 Å². The van der Waals surface area contributed by atoms with Gasteiger partial charge in [-0.15, -0.1) is 0 Å². The number of nitrogens with zero attached hydrogens (tertiary/aromatic N) is 2. The van der Waals surface area contributed by atoms with Crippen molar-refractivity contribution in [1.82, 2.24) is 20.6 Å². The fraction of sp³-hybridized carbons (Fsp3) is 0.333. The third-order valence-electron chi connectivity index (χ3n) is 6.13. The summed E-state index contributed by atoms with van der Waals surface area (Å²) in [5.41, 5.74) is 6.05. The molecule has 0 aliphatic rings. The fourth-order valence-electron chi connectivity index (χ4n) is 4.14. The van der Waals surface area contributed by atoms with Crippen LogP contribution in [-0.2, 0) is 20.7 Å². The number of hydrazone groups is 1. The molecular weight excluding hydrogens is 653 g/mol. The summed E-state index contributed by atoms with van der Waals surface area (Å²) in [5.74, 6) is -1.35. The number of carbonyl (C=O) groups excluding carboxylic acids is 3. The van der Waals surface area contributed by atoms with Crippen LogP contribution in [0.2, 0.25) is 0 Å². The number of rotatable bonds is 10. The number of halogens is 1. The maximum absolute atomic E-state index is 13.2. The molecule has 11 nitrogen and oxygen atoms in total. The molecule has 0 radical (unpaired) electrons. The molecule has 0 unspecified atom stereocenters. The van der Waals surface area contributed by atoms with Crippen LogP contribution >= 0.6 is 22.6 Å². The van der Waals surface area contributed by atoms with Crippen molar-refractivity contribution in [3.63, 3.8) is 0 Å². The number of aliphatic hydroxyl groups excluding tert-OH is 1. The molecule has 1 aromatic heterocycles. The summed E-state index contributed by atoms with van der Waals surface area (Å²) in [6.07, 6.45) is 0.701. The highest BCUT2D eigenvalue weighted by molar-refractivity contribution is 14.1. The van der Waals surface area contributed by atoms with Gasteiger partial charge in [0.25, 0.3) is 5.91 Å². The van der Waals surface area contributed by atoms with E-state index in [4.69, 9.17) is 4.74 Å². The summed E-state index contributed by atoms with van der Waals surface area (Å²) in [6.45, 7) is 8.21. The Kier molecular flexibility index (Phi) is 11.1. The predicted octanol–water partition coefficient (Wildman–Crippen LogP) is 3.47. The Balaban J connectivity index is 1.76. The summed E-state index contributed by atoms with van der Waals surface area (Å²) in [7, 11) is 0. The molecule has 0 saturated carbocycles. The molecule has 5 N–H and O–H groups in total. The smallest absolute Gasteiger partial charge is 0.408 e. The van der Waals surface area contributed by atoms with Crippen molar-refractivity contribution >= 4 is 46.7 Å². The molecule has 0 aliphatic heterocycles. The number of carbonyl (C=O) groups is 3. The number of aliphatic hydroxyl groups is 1. The summed E-state index contributed by atoms with van der Waals surface area (Å²) >= 11 is 2.25. The van der Waals surface area contributed by atoms with Gasteiger partial charge in [-0.3, -0.25) is 9.59 Å². The van der Waals surface area contributed by atoms with Gasteiger partial charge in [-0.2, -0.15) is 5.10 Å². The molecule has 0 saturated heterocycles. The van der Waals surface area contributed by atoms with Crippen LogP contribution in [-0.4, -0.2) is 63.2 Å². The molecule has 12 heteroatoms. The van der Waals surface area contributed by atoms with E-state index in [1.165, 1.54) is 18.3 Å². The van der Waals surface area contributed by atoms with Gasteiger partial charge < -0.3 is 30.2 Å². The molecular formula is C30H36IN5O6. The number of phenols is 1.